The summed E-state index contributed by atoms with van der Waals surface area (Å²) in [5.74, 6) is 1.29. The van der Waals surface area contributed by atoms with E-state index < -0.39 is 0 Å². The van der Waals surface area contributed by atoms with E-state index in [1.165, 1.54) is 38.0 Å². The van der Waals surface area contributed by atoms with Crippen LogP contribution in [0, 0.1) is 5.41 Å². The molecule has 1 nitrogen and oxygen atoms in total. The first-order chi connectivity index (χ1) is 6.17. The van der Waals surface area contributed by atoms with Gasteiger partial charge in [-0.2, -0.15) is 11.8 Å². The fourth-order valence-electron chi connectivity index (χ4n) is 2.20. The summed E-state index contributed by atoms with van der Waals surface area (Å²) in [4.78, 5) is 0. The molecule has 13 heavy (non-hydrogen) atoms. The Balaban J connectivity index is 2.14. The van der Waals surface area contributed by atoms with Gasteiger partial charge in [-0.1, -0.05) is 20.3 Å². The maximum atomic E-state index is 3.69. The molecule has 1 atom stereocenters. The van der Waals surface area contributed by atoms with Gasteiger partial charge < -0.3 is 5.32 Å². The molecule has 0 radical (unpaired) electrons. The van der Waals surface area contributed by atoms with E-state index >= 15 is 0 Å². The van der Waals surface area contributed by atoms with Crippen LogP contribution in [-0.4, -0.2) is 24.6 Å². The van der Waals surface area contributed by atoms with Gasteiger partial charge in [0.15, 0.2) is 0 Å². The fourth-order valence-corrected chi connectivity index (χ4v) is 2.63. The monoisotopic (exact) mass is 201 g/mol. The van der Waals surface area contributed by atoms with Crippen LogP contribution >= 0.6 is 11.8 Å². The number of thioether (sulfide) groups is 1. The van der Waals surface area contributed by atoms with Crippen molar-refractivity contribution in [2.75, 3.05) is 18.6 Å². The van der Waals surface area contributed by atoms with Crippen LogP contribution in [0.2, 0.25) is 0 Å². The van der Waals surface area contributed by atoms with E-state index in [1.807, 2.05) is 11.8 Å². The predicted molar refractivity (Wildman–Crippen MR) is 62.4 cm³/mol. The zero-order valence-corrected chi connectivity index (χ0v) is 10.0. The van der Waals surface area contributed by atoms with Gasteiger partial charge in [0.2, 0.25) is 0 Å². The van der Waals surface area contributed by atoms with Crippen LogP contribution in [-0.2, 0) is 0 Å². The first-order valence-corrected chi connectivity index (χ1v) is 6.78. The van der Waals surface area contributed by atoms with E-state index in [0.29, 0.717) is 5.41 Å². The minimum atomic E-state index is 0.541. The third-order valence-corrected chi connectivity index (χ3v) is 3.87. The van der Waals surface area contributed by atoms with Crippen molar-refractivity contribution in [2.45, 2.75) is 45.6 Å². The Hall–Kier alpha value is 0.310. The molecule has 78 valence electrons. The van der Waals surface area contributed by atoms with Crippen LogP contribution in [0.25, 0.3) is 0 Å². The Labute approximate surface area is 87.1 Å². The fraction of sp³-hybridized carbons (Fsp3) is 1.00. The number of rotatable bonds is 5. The van der Waals surface area contributed by atoms with Gasteiger partial charge in [-0.3, -0.25) is 0 Å². The molecular formula is C11H23NS. The molecule has 1 aliphatic carbocycles. The van der Waals surface area contributed by atoms with Gasteiger partial charge in [0.25, 0.3) is 0 Å². The third kappa shape index (κ3) is 3.51. The SMILES string of the molecule is CSCCCNC1CCCC1(C)C. The highest BCUT2D eigenvalue weighted by molar-refractivity contribution is 7.98. The maximum absolute atomic E-state index is 3.69. The van der Waals surface area contributed by atoms with E-state index in [9.17, 15) is 0 Å². The van der Waals surface area contributed by atoms with Crippen LogP contribution in [0.1, 0.15) is 39.5 Å². The zero-order valence-electron chi connectivity index (χ0n) is 9.23. The molecule has 0 aliphatic heterocycles. The summed E-state index contributed by atoms with van der Waals surface area (Å²) in [6.45, 7) is 5.99. The summed E-state index contributed by atoms with van der Waals surface area (Å²) < 4.78 is 0. The molecule has 1 saturated carbocycles. The van der Waals surface area contributed by atoms with Crippen molar-refractivity contribution < 1.29 is 0 Å². The molecule has 0 aromatic heterocycles. The van der Waals surface area contributed by atoms with Crippen molar-refractivity contribution in [1.82, 2.24) is 5.32 Å². The van der Waals surface area contributed by atoms with Crippen molar-refractivity contribution in [3.63, 3.8) is 0 Å². The zero-order chi connectivity index (χ0) is 9.73. The lowest BCUT2D eigenvalue weighted by atomic mass is 9.87. The standard InChI is InChI=1S/C11H23NS/c1-11(2)7-4-6-10(11)12-8-5-9-13-3/h10,12H,4-9H2,1-3H3. The first-order valence-electron chi connectivity index (χ1n) is 5.39. The van der Waals surface area contributed by atoms with Gasteiger partial charge in [-0.15, -0.1) is 0 Å². The van der Waals surface area contributed by atoms with Crippen molar-refractivity contribution in [3.8, 4) is 0 Å². The highest BCUT2D eigenvalue weighted by atomic mass is 32.2. The molecule has 2 heteroatoms. The second kappa shape index (κ2) is 5.26. The van der Waals surface area contributed by atoms with Gasteiger partial charge in [0, 0.05) is 6.04 Å². The lowest BCUT2D eigenvalue weighted by Gasteiger charge is -2.27. The summed E-state index contributed by atoms with van der Waals surface area (Å²) in [6, 6.07) is 0.773. The highest BCUT2D eigenvalue weighted by Crippen LogP contribution is 2.36. The second-order valence-electron chi connectivity index (χ2n) is 4.73. The van der Waals surface area contributed by atoms with E-state index in [1.54, 1.807) is 0 Å². The number of hydrogen-bond acceptors (Lipinski definition) is 2. The van der Waals surface area contributed by atoms with Crippen molar-refractivity contribution in [3.05, 3.63) is 0 Å². The molecule has 1 N–H and O–H groups in total. The molecular weight excluding hydrogens is 178 g/mol. The quantitative estimate of drug-likeness (QED) is 0.686. The molecule has 0 bridgehead atoms. The van der Waals surface area contributed by atoms with Gasteiger partial charge in [0.05, 0.1) is 0 Å². The summed E-state index contributed by atoms with van der Waals surface area (Å²) in [6.07, 6.45) is 7.68. The molecule has 0 spiro atoms. The lowest BCUT2D eigenvalue weighted by molar-refractivity contribution is 0.285. The normalized spacial score (nSPS) is 26.5. The maximum Gasteiger partial charge on any atom is 0.0118 e. The average Bonchev–Trinajstić information content (AvgIpc) is 2.40. The average molecular weight is 201 g/mol. The van der Waals surface area contributed by atoms with Gasteiger partial charge in [0.1, 0.15) is 0 Å². The van der Waals surface area contributed by atoms with E-state index in [0.717, 1.165) is 6.04 Å². The van der Waals surface area contributed by atoms with Crippen molar-refractivity contribution in [2.24, 2.45) is 5.41 Å². The number of hydrogen-bond donors (Lipinski definition) is 1. The molecule has 1 rings (SSSR count). The Morgan fingerprint density at radius 2 is 2.23 bits per heavy atom. The Kier molecular flexibility index (Phi) is 4.60. The summed E-state index contributed by atoms with van der Waals surface area (Å²) in [5.41, 5.74) is 0.541. The first kappa shape index (κ1) is 11.4. The molecule has 1 fully saturated rings. The molecule has 0 aromatic carbocycles. The summed E-state index contributed by atoms with van der Waals surface area (Å²) in [7, 11) is 0. The Bertz CT molecular complexity index is 145. The smallest absolute Gasteiger partial charge is 0.0118 e. The largest absolute Gasteiger partial charge is 0.313 e. The van der Waals surface area contributed by atoms with Crippen molar-refractivity contribution in [1.29, 1.82) is 0 Å². The highest BCUT2D eigenvalue weighted by Gasteiger charge is 2.33. The lowest BCUT2D eigenvalue weighted by Crippen LogP contribution is -2.38. The van der Waals surface area contributed by atoms with Crippen LogP contribution in [0.15, 0.2) is 0 Å². The van der Waals surface area contributed by atoms with E-state index in [2.05, 4.69) is 25.4 Å². The van der Waals surface area contributed by atoms with E-state index in [-0.39, 0.29) is 0 Å². The second-order valence-corrected chi connectivity index (χ2v) is 5.72. The molecule has 1 unspecified atom stereocenters. The van der Waals surface area contributed by atoms with Crippen LogP contribution in [0.4, 0.5) is 0 Å². The van der Waals surface area contributed by atoms with Gasteiger partial charge in [-0.05, 0) is 43.2 Å². The summed E-state index contributed by atoms with van der Waals surface area (Å²) >= 11 is 1.94. The van der Waals surface area contributed by atoms with Crippen LogP contribution < -0.4 is 5.32 Å². The molecule has 0 aromatic rings. The Morgan fingerprint density at radius 1 is 1.46 bits per heavy atom. The topological polar surface area (TPSA) is 12.0 Å². The third-order valence-electron chi connectivity index (χ3n) is 3.17. The predicted octanol–water partition coefficient (Wildman–Crippen LogP) is 2.91. The molecule has 0 amide bonds. The van der Waals surface area contributed by atoms with Crippen molar-refractivity contribution >= 4 is 11.8 Å². The molecule has 1 aliphatic rings. The minimum Gasteiger partial charge on any atom is -0.313 e. The minimum absolute atomic E-state index is 0.541. The summed E-state index contributed by atoms with van der Waals surface area (Å²) in [5, 5.41) is 3.69. The molecule has 0 saturated heterocycles. The number of nitrogens with one attached hydrogen (secondary N) is 1. The van der Waals surface area contributed by atoms with Gasteiger partial charge >= 0.3 is 0 Å². The Morgan fingerprint density at radius 3 is 2.77 bits per heavy atom. The molecule has 0 heterocycles. The van der Waals surface area contributed by atoms with E-state index in [4.69, 9.17) is 0 Å². The van der Waals surface area contributed by atoms with Crippen LogP contribution in [0.3, 0.4) is 0 Å². The van der Waals surface area contributed by atoms with Crippen LogP contribution in [0.5, 0.6) is 0 Å². The van der Waals surface area contributed by atoms with Gasteiger partial charge in [-0.25, -0.2) is 0 Å².